The van der Waals surface area contributed by atoms with Crippen LogP contribution in [0, 0.1) is 11.7 Å². The van der Waals surface area contributed by atoms with Gasteiger partial charge in [0.1, 0.15) is 5.82 Å². The molecule has 1 aliphatic carbocycles. The molecule has 3 nitrogen and oxygen atoms in total. The molecule has 1 amide bonds. The lowest BCUT2D eigenvalue weighted by Gasteiger charge is -2.21. The first kappa shape index (κ1) is 17.0. The number of carbonyl (C=O) groups is 1. The molecule has 0 bridgehead atoms. The molecule has 0 aliphatic heterocycles. The van der Waals surface area contributed by atoms with Gasteiger partial charge in [-0.2, -0.15) is 0 Å². The third kappa shape index (κ3) is 4.81. The molecule has 1 N–H and O–H groups in total. The number of amides is 1. The molecule has 1 aromatic carbocycles. The molecule has 2 unspecified atom stereocenters. The Morgan fingerprint density at radius 3 is 2.79 bits per heavy atom. The smallest absolute Gasteiger partial charge is 0.230 e. The number of rotatable bonds is 6. The van der Waals surface area contributed by atoms with Gasteiger partial charge < -0.3 is 5.32 Å². The quantitative estimate of drug-likeness (QED) is 0.810. The zero-order valence-corrected chi connectivity index (χ0v) is 14.3. The number of carbonyl (C=O) groups excluding carboxylic acids is 1. The van der Waals surface area contributed by atoms with E-state index in [2.05, 4.69) is 10.3 Å². The summed E-state index contributed by atoms with van der Waals surface area (Å²) in [5.74, 6) is 0.666. The minimum atomic E-state index is -0.207. The highest BCUT2D eigenvalue weighted by Gasteiger charge is 2.28. The van der Waals surface area contributed by atoms with Crippen LogP contribution in [-0.4, -0.2) is 22.7 Å². The number of nitrogens with zero attached hydrogens (tertiary/aromatic N) is 1. The van der Waals surface area contributed by atoms with Gasteiger partial charge >= 0.3 is 0 Å². The van der Waals surface area contributed by atoms with Gasteiger partial charge in [-0.25, -0.2) is 9.37 Å². The summed E-state index contributed by atoms with van der Waals surface area (Å²) in [6.45, 7) is 0. The summed E-state index contributed by atoms with van der Waals surface area (Å²) in [5, 5.41) is 4.03. The summed E-state index contributed by atoms with van der Waals surface area (Å²) in [6.07, 6.45) is 5.88. The van der Waals surface area contributed by atoms with Crippen molar-refractivity contribution < 1.29 is 9.18 Å². The second kappa shape index (κ2) is 8.29. The SMILES string of the molecule is O=C(CSc1ccccn1)NC1CCCC1Cc1ccc(F)cc1. The summed E-state index contributed by atoms with van der Waals surface area (Å²) in [7, 11) is 0. The normalized spacial score (nSPS) is 20.0. The number of aromatic nitrogens is 1. The summed E-state index contributed by atoms with van der Waals surface area (Å²) in [5.41, 5.74) is 1.13. The molecule has 0 radical (unpaired) electrons. The van der Waals surface area contributed by atoms with E-state index in [-0.39, 0.29) is 17.8 Å². The largest absolute Gasteiger partial charge is 0.352 e. The molecule has 2 aromatic rings. The highest BCUT2D eigenvalue weighted by Crippen LogP contribution is 2.29. The Labute approximate surface area is 146 Å². The van der Waals surface area contributed by atoms with Crippen molar-refractivity contribution in [2.45, 2.75) is 36.8 Å². The molecule has 5 heteroatoms. The number of hydrogen-bond acceptors (Lipinski definition) is 3. The molecule has 1 aromatic heterocycles. The van der Waals surface area contributed by atoms with E-state index in [1.165, 1.54) is 23.9 Å². The van der Waals surface area contributed by atoms with Gasteiger partial charge in [-0.05, 0) is 55.0 Å². The Bertz CT molecular complexity index is 663. The van der Waals surface area contributed by atoms with Gasteiger partial charge in [-0.15, -0.1) is 0 Å². The zero-order valence-electron chi connectivity index (χ0n) is 13.5. The standard InChI is InChI=1S/C19H21FN2OS/c20-16-9-7-14(8-10-16)12-15-4-3-5-17(15)22-18(23)13-24-19-6-1-2-11-21-19/h1-2,6-11,15,17H,3-5,12-13H2,(H,22,23). The van der Waals surface area contributed by atoms with Crippen molar-refractivity contribution in [3.05, 3.63) is 60.0 Å². The van der Waals surface area contributed by atoms with E-state index in [4.69, 9.17) is 0 Å². The van der Waals surface area contributed by atoms with E-state index >= 15 is 0 Å². The van der Waals surface area contributed by atoms with E-state index < -0.39 is 0 Å². The van der Waals surface area contributed by atoms with Gasteiger partial charge in [0.2, 0.25) is 5.91 Å². The lowest BCUT2D eigenvalue weighted by Crippen LogP contribution is -2.39. The van der Waals surface area contributed by atoms with Gasteiger partial charge in [0.05, 0.1) is 10.8 Å². The molecular formula is C19H21FN2OS. The molecular weight excluding hydrogens is 323 g/mol. The topological polar surface area (TPSA) is 42.0 Å². The van der Waals surface area contributed by atoms with Gasteiger partial charge in [-0.3, -0.25) is 4.79 Å². The van der Waals surface area contributed by atoms with Crippen LogP contribution < -0.4 is 5.32 Å². The van der Waals surface area contributed by atoms with Crippen LogP contribution in [0.2, 0.25) is 0 Å². The molecule has 3 rings (SSSR count). The minimum absolute atomic E-state index is 0.0571. The average Bonchev–Trinajstić information content (AvgIpc) is 3.03. The fourth-order valence-electron chi connectivity index (χ4n) is 3.21. The maximum Gasteiger partial charge on any atom is 0.230 e. The molecule has 0 saturated heterocycles. The third-order valence-corrected chi connectivity index (χ3v) is 5.35. The Balaban J connectivity index is 1.50. The summed E-state index contributed by atoms with van der Waals surface area (Å²) in [6, 6.07) is 12.6. The van der Waals surface area contributed by atoms with E-state index in [1.54, 1.807) is 6.20 Å². The first-order valence-corrected chi connectivity index (χ1v) is 9.27. The molecule has 1 heterocycles. The number of thioether (sulfide) groups is 1. The number of halogens is 1. The Hall–Kier alpha value is -1.88. The van der Waals surface area contributed by atoms with Crippen molar-refractivity contribution in [1.29, 1.82) is 0 Å². The van der Waals surface area contributed by atoms with E-state index in [9.17, 15) is 9.18 Å². The van der Waals surface area contributed by atoms with Crippen molar-refractivity contribution in [3.8, 4) is 0 Å². The molecule has 1 aliphatic rings. The number of benzene rings is 1. The second-order valence-corrected chi connectivity index (χ2v) is 7.15. The summed E-state index contributed by atoms with van der Waals surface area (Å²) in [4.78, 5) is 16.4. The Kier molecular flexibility index (Phi) is 5.86. The Morgan fingerprint density at radius 1 is 1.21 bits per heavy atom. The summed E-state index contributed by atoms with van der Waals surface area (Å²) < 4.78 is 13.0. The molecule has 1 fully saturated rings. The van der Waals surface area contributed by atoms with E-state index in [0.717, 1.165) is 36.3 Å². The third-order valence-electron chi connectivity index (χ3n) is 4.41. The first-order valence-electron chi connectivity index (χ1n) is 8.28. The molecule has 1 saturated carbocycles. The van der Waals surface area contributed by atoms with Crippen molar-refractivity contribution in [1.82, 2.24) is 10.3 Å². The highest BCUT2D eigenvalue weighted by atomic mass is 32.2. The molecule has 24 heavy (non-hydrogen) atoms. The Morgan fingerprint density at radius 2 is 2.04 bits per heavy atom. The average molecular weight is 344 g/mol. The van der Waals surface area contributed by atoms with Gasteiger partial charge in [0.25, 0.3) is 0 Å². The van der Waals surface area contributed by atoms with Gasteiger partial charge in [-0.1, -0.05) is 36.4 Å². The zero-order chi connectivity index (χ0) is 16.8. The van der Waals surface area contributed by atoms with Crippen LogP contribution in [0.3, 0.4) is 0 Å². The summed E-state index contributed by atoms with van der Waals surface area (Å²) >= 11 is 1.45. The van der Waals surface area contributed by atoms with Crippen LogP contribution >= 0.6 is 11.8 Å². The van der Waals surface area contributed by atoms with Crippen LogP contribution in [0.25, 0.3) is 0 Å². The van der Waals surface area contributed by atoms with E-state index in [1.807, 2.05) is 30.3 Å². The lowest BCUT2D eigenvalue weighted by molar-refractivity contribution is -0.119. The number of nitrogens with one attached hydrogen (secondary N) is 1. The second-order valence-electron chi connectivity index (χ2n) is 6.15. The molecule has 0 spiro atoms. The number of hydrogen-bond donors (Lipinski definition) is 1. The first-order chi connectivity index (χ1) is 11.7. The van der Waals surface area contributed by atoms with Gasteiger partial charge in [0.15, 0.2) is 0 Å². The molecule has 126 valence electrons. The van der Waals surface area contributed by atoms with Crippen LogP contribution in [0.4, 0.5) is 4.39 Å². The van der Waals surface area contributed by atoms with Crippen molar-refractivity contribution in [3.63, 3.8) is 0 Å². The number of pyridine rings is 1. The van der Waals surface area contributed by atoms with Crippen molar-refractivity contribution >= 4 is 17.7 Å². The predicted octanol–water partition coefficient (Wildman–Crippen LogP) is 3.84. The van der Waals surface area contributed by atoms with Gasteiger partial charge in [0, 0.05) is 12.2 Å². The van der Waals surface area contributed by atoms with Crippen molar-refractivity contribution in [2.75, 3.05) is 5.75 Å². The fourth-order valence-corrected chi connectivity index (χ4v) is 3.89. The highest BCUT2D eigenvalue weighted by molar-refractivity contribution is 7.99. The maximum atomic E-state index is 13.0. The molecule has 2 atom stereocenters. The van der Waals surface area contributed by atoms with Crippen LogP contribution in [0.1, 0.15) is 24.8 Å². The van der Waals surface area contributed by atoms with Crippen molar-refractivity contribution in [2.24, 2.45) is 5.92 Å². The van der Waals surface area contributed by atoms with Crippen LogP contribution in [0.15, 0.2) is 53.7 Å². The van der Waals surface area contributed by atoms with Crippen LogP contribution in [-0.2, 0) is 11.2 Å². The maximum absolute atomic E-state index is 13.0. The monoisotopic (exact) mass is 344 g/mol. The van der Waals surface area contributed by atoms with E-state index in [0.29, 0.717) is 11.7 Å². The van der Waals surface area contributed by atoms with Crippen LogP contribution in [0.5, 0.6) is 0 Å². The fraction of sp³-hybridized carbons (Fsp3) is 0.368. The minimum Gasteiger partial charge on any atom is -0.352 e. The lowest BCUT2D eigenvalue weighted by atomic mass is 9.94. The predicted molar refractivity (Wildman–Crippen MR) is 94.3 cm³/mol.